The molecule has 0 aliphatic carbocycles. The standard InChI is InChI=1S/C31H33ClN4O7/c1-41-25-13-11-21(32)18-23(25)34-29(38)19-36-24-8-5-4-7-22(24)30(39)35(31(36)40)16-6-9-28(37)33-15-14-20-10-12-26(42-2)27(17-20)43-3/h4-5,7-8,10-13,17-18H,6,9,14-16,19H2,1-3H3,(H,33,37)(H,34,38). The Morgan fingerprint density at radius 1 is 0.837 bits per heavy atom. The number of anilines is 1. The molecular formula is C31H33ClN4O7. The Hall–Kier alpha value is -4.77. The summed E-state index contributed by atoms with van der Waals surface area (Å²) in [4.78, 5) is 52.1. The minimum absolute atomic E-state index is 0.00926. The summed E-state index contributed by atoms with van der Waals surface area (Å²) >= 11 is 6.07. The van der Waals surface area contributed by atoms with Crippen molar-refractivity contribution in [3.8, 4) is 17.2 Å². The molecule has 4 aromatic rings. The van der Waals surface area contributed by atoms with E-state index in [4.69, 9.17) is 25.8 Å². The van der Waals surface area contributed by atoms with E-state index >= 15 is 0 Å². The van der Waals surface area contributed by atoms with Crippen molar-refractivity contribution in [2.45, 2.75) is 32.4 Å². The number of para-hydroxylation sites is 1. The fraction of sp³-hybridized carbons (Fsp3) is 0.290. The lowest BCUT2D eigenvalue weighted by Crippen LogP contribution is -2.42. The predicted molar refractivity (Wildman–Crippen MR) is 165 cm³/mol. The van der Waals surface area contributed by atoms with Crippen molar-refractivity contribution in [2.24, 2.45) is 0 Å². The zero-order valence-corrected chi connectivity index (χ0v) is 24.9. The van der Waals surface area contributed by atoms with Crippen molar-refractivity contribution in [3.63, 3.8) is 0 Å². The average Bonchev–Trinajstić information content (AvgIpc) is 3.01. The highest BCUT2D eigenvalue weighted by Gasteiger charge is 2.17. The maximum atomic E-state index is 13.5. The maximum absolute atomic E-state index is 13.5. The van der Waals surface area contributed by atoms with Gasteiger partial charge in [-0.15, -0.1) is 0 Å². The van der Waals surface area contributed by atoms with Crippen molar-refractivity contribution in [1.29, 1.82) is 0 Å². The number of carbonyl (C=O) groups excluding carboxylic acids is 2. The molecule has 4 rings (SSSR count). The van der Waals surface area contributed by atoms with Gasteiger partial charge in [-0.3, -0.25) is 23.5 Å². The van der Waals surface area contributed by atoms with Crippen LogP contribution < -0.4 is 36.1 Å². The van der Waals surface area contributed by atoms with Gasteiger partial charge in [-0.1, -0.05) is 29.8 Å². The van der Waals surface area contributed by atoms with E-state index in [9.17, 15) is 19.2 Å². The number of halogens is 1. The van der Waals surface area contributed by atoms with Crippen LogP contribution in [0.2, 0.25) is 5.02 Å². The molecule has 1 heterocycles. The number of amides is 2. The molecule has 0 saturated heterocycles. The average molecular weight is 609 g/mol. The largest absolute Gasteiger partial charge is 0.495 e. The van der Waals surface area contributed by atoms with Crippen LogP contribution in [0.5, 0.6) is 17.2 Å². The molecule has 0 radical (unpaired) electrons. The Morgan fingerprint density at radius 3 is 2.30 bits per heavy atom. The van der Waals surface area contributed by atoms with Crippen molar-refractivity contribution in [3.05, 3.63) is 92.1 Å². The molecule has 0 aliphatic rings. The number of methoxy groups -OCH3 is 3. The Bertz CT molecular complexity index is 1750. The molecule has 0 saturated carbocycles. The summed E-state index contributed by atoms with van der Waals surface area (Å²) in [5, 5.41) is 6.27. The Kier molecular flexibility index (Phi) is 10.4. The second kappa shape index (κ2) is 14.4. The van der Waals surface area contributed by atoms with Gasteiger partial charge in [-0.2, -0.15) is 0 Å². The van der Waals surface area contributed by atoms with Crippen LogP contribution in [0.15, 0.2) is 70.3 Å². The van der Waals surface area contributed by atoms with Gasteiger partial charge in [0, 0.05) is 24.5 Å². The third kappa shape index (κ3) is 7.55. The van der Waals surface area contributed by atoms with Gasteiger partial charge in [0.2, 0.25) is 11.8 Å². The second-order valence-corrected chi connectivity index (χ2v) is 10.1. The van der Waals surface area contributed by atoms with E-state index < -0.39 is 17.2 Å². The summed E-state index contributed by atoms with van der Waals surface area (Å²) in [6.07, 6.45) is 0.950. The molecule has 0 fully saturated rings. The highest BCUT2D eigenvalue weighted by atomic mass is 35.5. The number of fused-ring (bicyclic) bond motifs is 1. The number of ether oxygens (including phenoxy) is 3. The molecule has 0 unspecified atom stereocenters. The SMILES string of the molecule is COc1ccc(Cl)cc1NC(=O)Cn1c(=O)n(CCCC(=O)NCCc2ccc(OC)c(OC)c2)c(=O)c2ccccc21. The Balaban J connectivity index is 1.42. The lowest BCUT2D eigenvalue weighted by Gasteiger charge is -2.15. The van der Waals surface area contributed by atoms with Crippen LogP contribution in [0.1, 0.15) is 18.4 Å². The van der Waals surface area contributed by atoms with E-state index in [1.807, 2.05) is 18.2 Å². The second-order valence-electron chi connectivity index (χ2n) is 9.63. The highest BCUT2D eigenvalue weighted by molar-refractivity contribution is 6.31. The van der Waals surface area contributed by atoms with Crippen LogP contribution in [0, 0.1) is 0 Å². The molecule has 0 bridgehead atoms. The zero-order chi connectivity index (χ0) is 30.9. The van der Waals surface area contributed by atoms with Crippen LogP contribution in [-0.2, 0) is 29.1 Å². The van der Waals surface area contributed by atoms with Gasteiger partial charge in [0.15, 0.2) is 11.5 Å². The first-order valence-corrected chi connectivity index (χ1v) is 14.0. The third-order valence-corrected chi connectivity index (χ3v) is 7.07. The molecule has 0 spiro atoms. The first kappa shape index (κ1) is 31.2. The lowest BCUT2D eigenvalue weighted by molar-refractivity contribution is -0.121. The number of hydrogen-bond donors (Lipinski definition) is 2. The van der Waals surface area contributed by atoms with Gasteiger partial charge in [0.25, 0.3) is 5.56 Å². The highest BCUT2D eigenvalue weighted by Crippen LogP contribution is 2.28. The predicted octanol–water partition coefficient (Wildman–Crippen LogP) is 3.62. The lowest BCUT2D eigenvalue weighted by atomic mass is 10.1. The minimum Gasteiger partial charge on any atom is -0.495 e. The van der Waals surface area contributed by atoms with Crippen molar-refractivity contribution in [1.82, 2.24) is 14.5 Å². The molecule has 0 aliphatic heterocycles. The fourth-order valence-corrected chi connectivity index (χ4v) is 4.87. The molecule has 12 heteroatoms. The van der Waals surface area contributed by atoms with Gasteiger partial charge in [0.05, 0.1) is 37.9 Å². The smallest absolute Gasteiger partial charge is 0.331 e. The van der Waals surface area contributed by atoms with Gasteiger partial charge >= 0.3 is 5.69 Å². The van der Waals surface area contributed by atoms with Crippen LogP contribution in [0.3, 0.4) is 0 Å². The summed E-state index contributed by atoms with van der Waals surface area (Å²) in [5.74, 6) is 0.929. The van der Waals surface area contributed by atoms with E-state index in [0.717, 1.165) is 10.1 Å². The number of aromatic nitrogens is 2. The van der Waals surface area contributed by atoms with Crippen LogP contribution in [0.25, 0.3) is 10.9 Å². The van der Waals surface area contributed by atoms with Crippen molar-refractivity contribution < 1.29 is 23.8 Å². The number of rotatable bonds is 13. The summed E-state index contributed by atoms with van der Waals surface area (Å²) in [6, 6.07) is 16.9. The molecule has 2 amide bonds. The molecule has 43 heavy (non-hydrogen) atoms. The summed E-state index contributed by atoms with van der Waals surface area (Å²) < 4.78 is 18.1. The van der Waals surface area contributed by atoms with Gasteiger partial charge in [0.1, 0.15) is 12.3 Å². The molecule has 0 atom stereocenters. The first-order chi connectivity index (χ1) is 20.7. The molecule has 1 aromatic heterocycles. The number of benzene rings is 3. The van der Waals surface area contributed by atoms with Gasteiger partial charge in [-0.05, 0) is 60.9 Å². The Labute approximate surface area is 252 Å². The molecular weight excluding hydrogens is 576 g/mol. The van der Waals surface area contributed by atoms with E-state index in [0.29, 0.717) is 46.4 Å². The first-order valence-electron chi connectivity index (χ1n) is 13.6. The van der Waals surface area contributed by atoms with Crippen molar-refractivity contribution >= 4 is 40.0 Å². The van der Waals surface area contributed by atoms with E-state index in [1.54, 1.807) is 56.7 Å². The van der Waals surface area contributed by atoms with Crippen LogP contribution in [-0.4, -0.2) is 48.8 Å². The van der Waals surface area contributed by atoms with E-state index in [1.165, 1.54) is 11.7 Å². The summed E-state index contributed by atoms with van der Waals surface area (Å²) in [7, 11) is 4.59. The van der Waals surface area contributed by atoms with E-state index in [2.05, 4.69) is 10.6 Å². The Morgan fingerprint density at radius 2 is 1.56 bits per heavy atom. The molecule has 226 valence electrons. The number of carbonyl (C=O) groups is 2. The summed E-state index contributed by atoms with van der Waals surface area (Å²) in [6.45, 7) is 0.0603. The molecule has 3 aromatic carbocycles. The number of nitrogens with zero attached hydrogens (tertiary/aromatic N) is 2. The normalized spacial score (nSPS) is 10.8. The minimum atomic E-state index is -0.647. The maximum Gasteiger partial charge on any atom is 0.331 e. The third-order valence-electron chi connectivity index (χ3n) is 6.84. The van der Waals surface area contributed by atoms with Crippen LogP contribution >= 0.6 is 11.6 Å². The van der Waals surface area contributed by atoms with Crippen molar-refractivity contribution in [2.75, 3.05) is 33.2 Å². The van der Waals surface area contributed by atoms with E-state index in [-0.39, 0.29) is 37.2 Å². The van der Waals surface area contributed by atoms with Gasteiger partial charge < -0.3 is 24.8 Å². The molecule has 11 nitrogen and oxygen atoms in total. The van der Waals surface area contributed by atoms with Gasteiger partial charge in [-0.25, -0.2) is 4.79 Å². The topological polar surface area (TPSA) is 130 Å². The zero-order valence-electron chi connectivity index (χ0n) is 24.1. The summed E-state index contributed by atoms with van der Waals surface area (Å²) in [5.41, 5.74) is 0.519. The van der Waals surface area contributed by atoms with Crippen LogP contribution in [0.4, 0.5) is 5.69 Å². The number of hydrogen-bond acceptors (Lipinski definition) is 7. The quantitative estimate of drug-likeness (QED) is 0.237. The molecule has 2 N–H and O–H groups in total. The monoisotopic (exact) mass is 608 g/mol. The number of nitrogens with one attached hydrogen (secondary N) is 2. The fourth-order valence-electron chi connectivity index (χ4n) is 4.70.